The number of ketones is 1. The predicted molar refractivity (Wildman–Crippen MR) is 97.4 cm³/mol. The first-order valence-electron chi connectivity index (χ1n) is 8.21. The second-order valence-corrected chi connectivity index (χ2v) is 5.19. The monoisotopic (exact) mass is 343 g/mol. The highest BCUT2D eigenvalue weighted by molar-refractivity contribution is 6.00. The second kappa shape index (κ2) is 11.3. The highest BCUT2D eigenvalue weighted by Crippen LogP contribution is 2.29. The highest BCUT2D eigenvalue weighted by Gasteiger charge is 2.25. The Morgan fingerprint density at radius 3 is 2.26 bits per heavy atom. The van der Waals surface area contributed by atoms with Crippen LogP contribution in [0.25, 0.3) is 0 Å². The molecule has 1 atom stereocenters. The van der Waals surface area contributed by atoms with Crippen molar-refractivity contribution in [1.29, 1.82) is 0 Å². The van der Waals surface area contributed by atoms with Gasteiger partial charge in [0.25, 0.3) is 0 Å². The lowest BCUT2D eigenvalue weighted by Crippen LogP contribution is -2.41. The second-order valence-electron chi connectivity index (χ2n) is 5.19. The van der Waals surface area contributed by atoms with E-state index in [1.165, 1.54) is 0 Å². The maximum Gasteiger partial charge on any atom is 0.180 e. The Morgan fingerprint density at radius 2 is 1.78 bits per heavy atom. The van der Waals surface area contributed by atoms with Gasteiger partial charge in [0.15, 0.2) is 17.3 Å². The van der Waals surface area contributed by atoms with Gasteiger partial charge in [-0.1, -0.05) is 27.2 Å². The third-order valence-electron chi connectivity index (χ3n) is 3.87. The molecule has 5 heteroatoms. The van der Waals surface area contributed by atoms with Crippen LogP contribution in [0.4, 0.5) is 0 Å². The lowest BCUT2D eigenvalue weighted by Gasteiger charge is -2.28. The molecule has 0 radical (unpaired) electrons. The van der Waals surface area contributed by atoms with Crippen LogP contribution >= 0.6 is 12.4 Å². The van der Waals surface area contributed by atoms with Gasteiger partial charge < -0.3 is 9.47 Å². The number of hydrogen-bond donors (Lipinski definition) is 0. The fraction of sp³-hybridized carbons (Fsp3) is 0.611. The topological polar surface area (TPSA) is 38.8 Å². The summed E-state index contributed by atoms with van der Waals surface area (Å²) in [5.41, 5.74) is 0.689. The van der Waals surface area contributed by atoms with Crippen LogP contribution in [0.5, 0.6) is 11.5 Å². The van der Waals surface area contributed by atoms with Crippen molar-refractivity contribution < 1.29 is 14.3 Å². The van der Waals surface area contributed by atoms with Crippen LogP contribution in [-0.2, 0) is 0 Å². The lowest BCUT2D eigenvalue weighted by atomic mass is 9.98. The number of Topliss-reactive ketones (excluding diaryl/α,β-unsaturated/α-hetero) is 1. The number of nitrogens with zero attached hydrogens (tertiary/aromatic N) is 1. The number of carbonyl (C=O) groups is 1. The summed E-state index contributed by atoms with van der Waals surface area (Å²) in [4.78, 5) is 15.1. The van der Waals surface area contributed by atoms with Gasteiger partial charge in [-0.3, -0.25) is 9.69 Å². The first kappa shape index (κ1) is 21.7. The van der Waals surface area contributed by atoms with Gasteiger partial charge in [0.1, 0.15) is 0 Å². The van der Waals surface area contributed by atoms with Crippen molar-refractivity contribution in [1.82, 2.24) is 4.90 Å². The van der Waals surface area contributed by atoms with Gasteiger partial charge in [0.2, 0.25) is 0 Å². The molecule has 23 heavy (non-hydrogen) atoms. The molecule has 0 aliphatic carbocycles. The first-order valence-corrected chi connectivity index (χ1v) is 8.21. The van der Waals surface area contributed by atoms with Gasteiger partial charge in [0.05, 0.1) is 19.8 Å². The molecule has 0 fully saturated rings. The van der Waals surface area contributed by atoms with Crippen molar-refractivity contribution in [3.8, 4) is 11.5 Å². The quantitative estimate of drug-likeness (QED) is 0.596. The minimum Gasteiger partial charge on any atom is -0.493 e. The Labute approximate surface area is 146 Å². The molecule has 0 saturated heterocycles. The van der Waals surface area contributed by atoms with Crippen molar-refractivity contribution >= 4 is 18.2 Å². The largest absolute Gasteiger partial charge is 0.493 e. The smallest absolute Gasteiger partial charge is 0.180 e. The summed E-state index contributed by atoms with van der Waals surface area (Å²) in [6.07, 6.45) is 1.86. The molecule has 1 aromatic rings. The Balaban J connectivity index is 0.00000484. The molecule has 0 aliphatic rings. The van der Waals surface area contributed by atoms with E-state index >= 15 is 0 Å². The van der Waals surface area contributed by atoms with Crippen LogP contribution in [-0.4, -0.2) is 43.5 Å². The summed E-state index contributed by atoms with van der Waals surface area (Å²) in [6.45, 7) is 10.5. The number of benzene rings is 1. The minimum absolute atomic E-state index is 0. The van der Waals surface area contributed by atoms with Crippen LogP contribution in [0.2, 0.25) is 0 Å². The molecule has 132 valence electrons. The maximum absolute atomic E-state index is 12.9. The van der Waals surface area contributed by atoms with Gasteiger partial charge in [-0.2, -0.15) is 0 Å². The van der Waals surface area contributed by atoms with E-state index in [2.05, 4.69) is 25.7 Å². The number of halogens is 1. The molecule has 0 heterocycles. The SMILES string of the molecule is CCCC(C(=O)c1ccc(OC)c(OCC)c1)N(CC)CC.Cl. The molecule has 0 saturated carbocycles. The van der Waals surface area contributed by atoms with Gasteiger partial charge >= 0.3 is 0 Å². The zero-order valence-corrected chi connectivity index (χ0v) is 15.7. The Bertz CT molecular complexity index is 475. The Hall–Kier alpha value is -1.26. The number of ether oxygens (including phenoxy) is 2. The molecule has 0 aliphatic heterocycles. The van der Waals surface area contributed by atoms with Gasteiger partial charge in [-0.15, -0.1) is 12.4 Å². The molecular weight excluding hydrogens is 314 g/mol. The molecule has 0 spiro atoms. The van der Waals surface area contributed by atoms with E-state index in [1.54, 1.807) is 13.2 Å². The van der Waals surface area contributed by atoms with Crippen molar-refractivity contribution in [2.24, 2.45) is 0 Å². The van der Waals surface area contributed by atoms with Crippen molar-refractivity contribution in [3.63, 3.8) is 0 Å². The summed E-state index contributed by atoms with van der Waals surface area (Å²) in [7, 11) is 1.61. The molecule has 1 rings (SSSR count). The molecular formula is C18H30ClNO3. The number of carbonyl (C=O) groups excluding carboxylic acids is 1. The Morgan fingerprint density at radius 1 is 1.13 bits per heavy atom. The average Bonchev–Trinajstić information content (AvgIpc) is 2.54. The van der Waals surface area contributed by atoms with E-state index in [9.17, 15) is 4.79 Å². The standard InChI is InChI=1S/C18H29NO3.ClH/c1-6-10-15(19(7-2)8-3)18(20)14-11-12-16(21-5)17(13-14)22-9-4;/h11-13,15H,6-10H2,1-5H3;1H. The van der Waals surface area contributed by atoms with Crippen LogP contribution in [0, 0.1) is 0 Å². The van der Waals surface area contributed by atoms with Crippen molar-refractivity contribution in [2.45, 2.75) is 46.6 Å². The number of likely N-dealkylation sites (N-methyl/N-ethyl adjacent to an activating group) is 1. The highest BCUT2D eigenvalue weighted by atomic mass is 35.5. The normalized spacial score (nSPS) is 11.7. The van der Waals surface area contributed by atoms with Crippen LogP contribution in [0.15, 0.2) is 18.2 Å². The van der Waals surface area contributed by atoms with E-state index in [1.807, 2.05) is 19.1 Å². The third-order valence-corrected chi connectivity index (χ3v) is 3.87. The van der Waals surface area contributed by atoms with E-state index in [0.717, 1.165) is 25.9 Å². The predicted octanol–water partition coefficient (Wildman–Crippen LogP) is 4.21. The molecule has 0 amide bonds. The molecule has 0 N–H and O–H groups in total. The molecule has 1 unspecified atom stereocenters. The summed E-state index contributed by atoms with van der Waals surface area (Å²) in [5, 5.41) is 0. The van der Waals surface area contributed by atoms with E-state index < -0.39 is 0 Å². The molecule has 4 nitrogen and oxygen atoms in total. The summed E-state index contributed by atoms with van der Waals surface area (Å²) >= 11 is 0. The Kier molecular flexibility index (Phi) is 10.7. The average molecular weight is 344 g/mol. The molecule has 0 aromatic heterocycles. The van der Waals surface area contributed by atoms with Crippen LogP contribution in [0.3, 0.4) is 0 Å². The van der Waals surface area contributed by atoms with E-state index in [0.29, 0.717) is 23.7 Å². The van der Waals surface area contributed by atoms with E-state index in [-0.39, 0.29) is 24.2 Å². The van der Waals surface area contributed by atoms with E-state index in [4.69, 9.17) is 9.47 Å². The summed E-state index contributed by atoms with van der Waals surface area (Å²) in [6, 6.07) is 5.37. The van der Waals surface area contributed by atoms with Gasteiger partial charge in [-0.05, 0) is 44.6 Å². The number of hydrogen-bond acceptors (Lipinski definition) is 4. The fourth-order valence-corrected chi connectivity index (χ4v) is 2.71. The van der Waals surface area contributed by atoms with Crippen LogP contribution < -0.4 is 9.47 Å². The summed E-state index contributed by atoms with van der Waals surface area (Å²) < 4.78 is 10.9. The van der Waals surface area contributed by atoms with Crippen molar-refractivity contribution in [3.05, 3.63) is 23.8 Å². The molecule has 0 bridgehead atoms. The lowest BCUT2D eigenvalue weighted by molar-refractivity contribution is 0.0818. The number of rotatable bonds is 10. The minimum atomic E-state index is -0.0668. The third kappa shape index (κ3) is 5.70. The molecule has 1 aromatic carbocycles. The van der Waals surface area contributed by atoms with Crippen molar-refractivity contribution in [2.75, 3.05) is 26.8 Å². The van der Waals surface area contributed by atoms with Gasteiger partial charge in [0, 0.05) is 5.56 Å². The summed E-state index contributed by atoms with van der Waals surface area (Å²) in [5.74, 6) is 1.45. The van der Waals surface area contributed by atoms with Crippen LogP contribution in [0.1, 0.15) is 50.9 Å². The first-order chi connectivity index (χ1) is 10.6. The maximum atomic E-state index is 12.9. The number of methoxy groups -OCH3 is 1. The zero-order valence-electron chi connectivity index (χ0n) is 14.9. The fourth-order valence-electron chi connectivity index (χ4n) is 2.71. The van der Waals surface area contributed by atoms with Gasteiger partial charge in [-0.25, -0.2) is 0 Å². The zero-order chi connectivity index (χ0) is 16.5.